The standard InChI is InChI=1S/C21H17N3O3/c25-20(18-12-15-6-1-2-8-17(15)24-18)22-13-14-5-3-7-16(11-14)23-21(26)19-9-4-10-27-19/h1-12,24H,13H2,(H,22,25)(H,23,26). The Labute approximate surface area is 155 Å². The third-order valence-corrected chi connectivity index (χ3v) is 4.16. The molecule has 134 valence electrons. The summed E-state index contributed by atoms with van der Waals surface area (Å²) in [4.78, 5) is 27.5. The molecule has 2 heterocycles. The number of nitrogens with one attached hydrogen (secondary N) is 3. The number of aromatic nitrogens is 1. The van der Waals surface area contributed by atoms with Crippen LogP contribution in [0.25, 0.3) is 10.9 Å². The van der Waals surface area contributed by atoms with Gasteiger partial charge in [-0.05, 0) is 42.0 Å². The SMILES string of the molecule is O=C(NCc1cccc(NC(=O)c2ccco2)c1)c1cc2ccccc2[nH]1. The molecule has 0 atom stereocenters. The average molecular weight is 359 g/mol. The van der Waals surface area contributed by atoms with Crippen LogP contribution in [0.3, 0.4) is 0 Å². The van der Waals surface area contributed by atoms with Gasteiger partial charge in [-0.25, -0.2) is 0 Å². The molecule has 0 fully saturated rings. The summed E-state index contributed by atoms with van der Waals surface area (Å²) in [6.07, 6.45) is 1.45. The molecule has 2 aromatic heterocycles. The highest BCUT2D eigenvalue weighted by atomic mass is 16.3. The van der Waals surface area contributed by atoms with Gasteiger partial charge < -0.3 is 20.0 Å². The molecule has 4 rings (SSSR count). The van der Waals surface area contributed by atoms with Crippen molar-refractivity contribution in [3.05, 3.63) is 90.0 Å². The van der Waals surface area contributed by atoms with E-state index in [9.17, 15) is 9.59 Å². The number of anilines is 1. The highest BCUT2D eigenvalue weighted by Gasteiger charge is 2.11. The fourth-order valence-electron chi connectivity index (χ4n) is 2.83. The monoisotopic (exact) mass is 359 g/mol. The van der Waals surface area contributed by atoms with Crippen LogP contribution in [-0.4, -0.2) is 16.8 Å². The molecule has 0 spiro atoms. The van der Waals surface area contributed by atoms with Crippen molar-refractivity contribution < 1.29 is 14.0 Å². The van der Waals surface area contributed by atoms with Crippen molar-refractivity contribution in [1.82, 2.24) is 10.3 Å². The van der Waals surface area contributed by atoms with Gasteiger partial charge in [-0.1, -0.05) is 30.3 Å². The Kier molecular flexibility index (Phi) is 4.45. The van der Waals surface area contributed by atoms with Crippen molar-refractivity contribution in [3.63, 3.8) is 0 Å². The van der Waals surface area contributed by atoms with Crippen molar-refractivity contribution in [2.75, 3.05) is 5.32 Å². The zero-order chi connectivity index (χ0) is 18.6. The lowest BCUT2D eigenvalue weighted by atomic mass is 10.2. The number of fused-ring (bicyclic) bond motifs is 1. The first-order valence-corrected chi connectivity index (χ1v) is 8.49. The van der Waals surface area contributed by atoms with E-state index < -0.39 is 0 Å². The van der Waals surface area contributed by atoms with Crippen LogP contribution in [0.1, 0.15) is 26.6 Å². The molecule has 3 N–H and O–H groups in total. The summed E-state index contributed by atoms with van der Waals surface area (Å²) < 4.78 is 5.08. The number of H-pyrrole nitrogens is 1. The van der Waals surface area contributed by atoms with E-state index in [0.29, 0.717) is 17.9 Å². The van der Waals surface area contributed by atoms with Crippen LogP contribution in [0.4, 0.5) is 5.69 Å². The maximum atomic E-state index is 12.4. The van der Waals surface area contributed by atoms with E-state index >= 15 is 0 Å². The normalized spacial score (nSPS) is 10.7. The van der Waals surface area contributed by atoms with Crippen molar-refractivity contribution in [2.24, 2.45) is 0 Å². The molecular weight excluding hydrogens is 342 g/mol. The molecule has 4 aromatic rings. The molecule has 0 radical (unpaired) electrons. The van der Waals surface area contributed by atoms with Gasteiger partial charge in [0, 0.05) is 23.1 Å². The summed E-state index contributed by atoms with van der Waals surface area (Å²) in [6, 6.07) is 20.1. The summed E-state index contributed by atoms with van der Waals surface area (Å²) >= 11 is 0. The molecule has 2 aromatic carbocycles. The molecule has 27 heavy (non-hydrogen) atoms. The lowest BCUT2D eigenvalue weighted by molar-refractivity contribution is 0.0945. The fraction of sp³-hybridized carbons (Fsp3) is 0.0476. The molecule has 0 saturated carbocycles. The van der Waals surface area contributed by atoms with E-state index in [4.69, 9.17) is 4.42 Å². The molecule has 2 amide bonds. The topological polar surface area (TPSA) is 87.1 Å². The summed E-state index contributed by atoms with van der Waals surface area (Å²) in [5.74, 6) is -0.261. The van der Waals surface area contributed by atoms with E-state index in [0.717, 1.165) is 16.5 Å². The number of hydrogen-bond acceptors (Lipinski definition) is 3. The van der Waals surface area contributed by atoms with Crippen LogP contribution >= 0.6 is 0 Å². The van der Waals surface area contributed by atoms with E-state index in [1.165, 1.54) is 6.26 Å². The molecule has 0 saturated heterocycles. The van der Waals surface area contributed by atoms with E-state index in [1.54, 1.807) is 18.2 Å². The van der Waals surface area contributed by atoms with Gasteiger partial charge in [0.2, 0.25) is 0 Å². The first kappa shape index (κ1) is 16.7. The van der Waals surface area contributed by atoms with Gasteiger partial charge in [-0.15, -0.1) is 0 Å². The van der Waals surface area contributed by atoms with Crippen LogP contribution < -0.4 is 10.6 Å². The minimum atomic E-state index is -0.320. The summed E-state index contributed by atoms with van der Waals surface area (Å²) in [7, 11) is 0. The van der Waals surface area contributed by atoms with E-state index in [1.807, 2.05) is 48.5 Å². The molecule has 0 unspecified atom stereocenters. The number of carbonyl (C=O) groups excluding carboxylic acids is 2. The fourth-order valence-corrected chi connectivity index (χ4v) is 2.83. The lowest BCUT2D eigenvalue weighted by Gasteiger charge is -2.07. The van der Waals surface area contributed by atoms with Gasteiger partial charge in [0.25, 0.3) is 11.8 Å². The molecule has 0 aliphatic rings. The van der Waals surface area contributed by atoms with Crippen LogP contribution in [0.5, 0.6) is 0 Å². The third-order valence-electron chi connectivity index (χ3n) is 4.16. The van der Waals surface area contributed by atoms with Crippen molar-refractivity contribution in [3.8, 4) is 0 Å². The molecule has 0 aliphatic heterocycles. The first-order chi connectivity index (χ1) is 13.2. The first-order valence-electron chi connectivity index (χ1n) is 8.49. The van der Waals surface area contributed by atoms with Gasteiger partial charge in [0.1, 0.15) is 5.69 Å². The third kappa shape index (κ3) is 3.74. The number of amides is 2. The van der Waals surface area contributed by atoms with E-state index in [-0.39, 0.29) is 17.6 Å². The Morgan fingerprint density at radius 1 is 0.926 bits per heavy atom. The Bertz CT molecular complexity index is 1060. The number of carbonyl (C=O) groups is 2. The van der Waals surface area contributed by atoms with Gasteiger partial charge in [0.15, 0.2) is 5.76 Å². The van der Waals surface area contributed by atoms with Crippen molar-refractivity contribution in [1.29, 1.82) is 0 Å². The second-order valence-electron chi connectivity index (χ2n) is 6.08. The second kappa shape index (κ2) is 7.21. The molecular formula is C21H17N3O3. The number of rotatable bonds is 5. The zero-order valence-electron chi connectivity index (χ0n) is 14.4. The van der Waals surface area contributed by atoms with Gasteiger partial charge in [-0.3, -0.25) is 9.59 Å². The van der Waals surface area contributed by atoms with Gasteiger partial charge >= 0.3 is 0 Å². The Morgan fingerprint density at radius 2 is 1.81 bits per heavy atom. The largest absolute Gasteiger partial charge is 0.459 e. The predicted molar refractivity (Wildman–Crippen MR) is 103 cm³/mol. The van der Waals surface area contributed by atoms with Gasteiger partial charge in [0.05, 0.1) is 6.26 Å². The summed E-state index contributed by atoms with van der Waals surface area (Å²) in [5, 5.41) is 6.64. The maximum Gasteiger partial charge on any atom is 0.291 e. The highest BCUT2D eigenvalue weighted by molar-refractivity contribution is 6.02. The number of aromatic amines is 1. The zero-order valence-corrected chi connectivity index (χ0v) is 14.4. The quantitative estimate of drug-likeness (QED) is 0.504. The molecule has 0 aliphatic carbocycles. The molecule has 0 bridgehead atoms. The number of furan rings is 1. The number of hydrogen-bond donors (Lipinski definition) is 3. The predicted octanol–water partition coefficient (Wildman–Crippen LogP) is 3.94. The maximum absolute atomic E-state index is 12.4. The molecule has 6 nitrogen and oxygen atoms in total. The minimum Gasteiger partial charge on any atom is -0.459 e. The minimum absolute atomic E-state index is 0.184. The smallest absolute Gasteiger partial charge is 0.291 e. The van der Waals surface area contributed by atoms with Crippen molar-refractivity contribution >= 4 is 28.4 Å². The summed E-state index contributed by atoms with van der Waals surface area (Å²) in [6.45, 7) is 0.346. The van der Waals surface area contributed by atoms with Crippen LogP contribution in [0.2, 0.25) is 0 Å². The summed E-state index contributed by atoms with van der Waals surface area (Å²) in [5.41, 5.74) is 2.94. The van der Waals surface area contributed by atoms with Crippen molar-refractivity contribution in [2.45, 2.75) is 6.54 Å². The average Bonchev–Trinajstić information content (AvgIpc) is 3.36. The van der Waals surface area contributed by atoms with Gasteiger partial charge in [-0.2, -0.15) is 0 Å². The van der Waals surface area contributed by atoms with Crippen LogP contribution in [0.15, 0.2) is 77.4 Å². The van der Waals surface area contributed by atoms with Crippen LogP contribution in [0, 0.1) is 0 Å². The number of benzene rings is 2. The highest BCUT2D eigenvalue weighted by Crippen LogP contribution is 2.15. The van der Waals surface area contributed by atoms with Crippen LogP contribution in [-0.2, 0) is 6.54 Å². The lowest BCUT2D eigenvalue weighted by Crippen LogP contribution is -2.23. The van der Waals surface area contributed by atoms with E-state index in [2.05, 4.69) is 15.6 Å². The Balaban J connectivity index is 1.40. The second-order valence-corrected chi connectivity index (χ2v) is 6.08. The molecule has 6 heteroatoms. The number of para-hydroxylation sites is 1. The Hall–Kier alpha value is -3.80. The Morgan fingerprint density at radius 3 is 2.63 bits per heavy atom.